The van der Waals surface area contributed by atoms with Gasteiger partial charge in [-0.2, -0.15) is 0 Å². The summed E-state index contributed by atoms with van der Waals surface area (Å²) in [5, 5.41) is 2.34. The minimum absolute atomic E-state index is 0.0381. The average molecular weight is 324 g/mol. The molecule has 0 saturated carbocycles. The fraction of sp³-hybridized carbons (Fsp3) is 0.300. The second-order valence-corrected chi connectivity index (χ2v) is 6.69. The highest BCUT2D eigenvalue weighted by Crippen LogP contribution is 2.15. The van der Waals surface area contributed by atoms with Crippen LogP contribution in [0.15, 0.2) is 22.7 Å². The summed E-state index contributed by atoms with van der Waals surface area (Å²) in [5.74, 6) is -1.45. The molecule has 0 saturated heterocycles. The molecule has 0 atom stereocenters. The monoisotopic (exact) mass is 323 g/mol. The van der Waals surface area contributed by atoms with Gasteiger partial charge in [-0.15, -0.1) is 0 Å². The van der Waals surface area contributed by atoms with Crippen molar-refractivity contribution in [3.8, 4) is 0 Å². The third-order valence-corrected chi connectivity index (χ3v) is 3.37. The number of nitrogens with one attached hydrogen (secondary N) is 1. The van der Waals surface area contributed by atoms with Crippen LogP contribution in [-0.4, -0.2) is 32.9 Å². The first-order valence-electron chi connectivity index (χ1n) is 4.70. The molecule has 1 rings (SSSR count). The first-order chi connectivity index (χ1) is 7.79. The molecule has 17 heavy (non-hydrogen) atoms. The molecular formula is C10H11BrFNO3S. The van der Waals surface area contributed by atoms with E-state index in [0.29, 0.717) is 4.47 Å². The van der Waals surface area contributed by atoms with Gasteiger partial charge in [0.2, 0.25) is 0 Å². The van der Waals surface area contributed by atoms with Gasteiger partial charge in [0.25, 0.3) is 5.91 Å². The van der Waals surface area contributed by atoms with Gasteiger partial charge in [-0.05, 0) is 18.2 Å². The SMILES string of the molecule is CS(=O)(=O)CCNC(=O)c1cc(Br)ccc1F. The van der Waals surface area contributed by atoms with Crippen LogP contribution in [0, 0.1) is 5.82 Å². The lowest BCUT2D eigenvalue weighted by Gasteiger charge is -2.05. The summed E-state index contributed by atoms with van der Waals surface area (Å²) < 4.78 is 35.5. The second kappa shape index (κ2) is 5.59. The Kier molecular flexibility index (Phi) is 4.64. The molecule has 0 bridgehead atoms. The number of carbonyl (C=O) groups excluding carboxylic acids is 1. The smallest absolute Gasteiger partial charge is 0.254 e. The van der Waals surface area contributed by atoms with E-state index in [0.717, 1.165) is 12.3 Å². The standard InChI is InChI=1S/C10H11BrFNO3S/c1-17(15,16)5-4-13-10(14)8-6-7(11)2-3-9(8)12/h2-3,6H,4-5H2,1H3,(H,13,14). The Bertz CT molecular complexity index is 530. The number of benzene rings is 1. The van der Waals surface area contributed by atoms with Crippen molar-refractivity contribution >= 4 is 31.7 Å². The van der Waals surface area contributed by atoms with E-state index in [1.165, 1.54) is 12.1 Å². The highest BCUT2D eigenvalue weighted by Gasteiger charge is 2.12. The maximum Gasteiger partial charge on any atom is 0.254 e. The van der Waals surface area contributed by atoms with Crippen LogP contribution in [0.25, 0.3) is 0 Å². The van der Waals surface area contributed by atoms with E-state index in [4.69, 9.17) is 0 Å². The molecule has 0 fully saturated rings. The Morgan fingerprint density at radius 2 is 2.12 bits per heavy atom. The lowest BCUT2D eigenvalue weighted by molar-refractivity contribution is 0.0952. The number of halogens is 2. The molecule has 0 aliphatic carbocycles. The molecule has 1 aromatic carbocycles. The zero-order valence-corrected chi connectivity index (χ0v) is 11.4. The van der Waals surface area contributed by atoms with Gasteiger partial charge in [-0.1, -0.05) is 15.9 Å². The van der Waals surface area contributed by atoms with Crippen LogP contribution in [0.2, 0.25) is 0 Å². The first kappa shape index (κ1) is 14.1. The normalized spacial score (nSPS) is 11.2. The molecule has 0 aromatic heterocycles. The predicted molar refractivity (Wildman–Crippen MR) is 66.1 cm³/mol. The van der Waals surface area contributed by atoms with Crippen molar-refractivity contribution in [3.63, 3.8) is 0 Å². The van der Waals surface area contributed by atoms with E-state index in [2.05, 4.69) is 21.2 Å². The Morgan fingerprint density at radius 3 is 2.71 bits per heavy atom. The molecule has 0 aliphatic rings. The molecule has 0 spiro atoms. The van der Waals surface area contributed by atoms with Gasteiger partial charge in [0.1, 0.15) is 15.7 Å². The number of carbonyl (C=O) groups is 1. The second-order valence-electron chi connectivity index (χ2n) is 3.51. The molecule has 94 valence electrons. The minimum atomic E-state index is -3.14. The van der Waals surface area contributed by atoms with Crippen LogP contribution in [0.4, 0.5) is 4.39 Å². The van der Waals surface area contributed by atoms with Crippen LogP contribution in [0.3, 0.4) is 0 Å². The average Bonchev–Trinajstić information content (AvgIpc) is 2.19. The lowest BCUT2D eigenvalue weighted by Crippen LogP contribution is -2.29. The van der Waals surface area contributed by atoms with Crippen molar-refractivity contribution in [1.82, 2.24) is 5.32 Å². The molecule has 0 aliphatic heterocycles. The highest BCUT2D eigenvalue weighted by molar-refractivity contribution is 9.10. The summed E-state index contributed by atoms with van der Waals surface area (Å²) in [5.41, 5.74) is -0.118. The molecule has 7 heteroatoms. The topological polar surface area (TPSA) is 63.2 Å². The summed E-state index contributed by atoms with van der Waals surface area (Å²) in [6.45, 7) is -0.0381. The van der Waals surface area contributed by atoms with Gasteiger partial charge >= 0.3 is 0 Å². The van der Waals surface area contributed by atoms with E-state index in [1.807, 2.05) is 0 Å². The molecule has 1 N–H and O–H groups in total. The molecule has 0 heterocycles. The van der Waals surface area contributed by atoms with E-state index in [-0.39, 0.29) is 17.9 Å². The van der Waals surface area contributed by atoms with E-state index in [9.17, 15) is 17.6 Å². The van der Waals surface area contributed by atoms with Crippen molar-refractivity contribution in [2.75, 3.05) is 18.6 Å². The van der Waals surface area contributed by atoms with Crippen LogP contribution < -0.4 is 5.32 Å². The molecular weight excluding hydrogens is 313 g/mol. The van der Waals surface area contributed by atoms with E-state index in [1.54, 1.807) is 0 Å². The third-order valence-electron chi connectivity index (χ3n) is 1.93. The maximum absolute atomic E-state index is 13.3. The van der Waals surface area contributed by atoms with Gasteiger partial charge in [0.15, 0.2) is 0 Å². The molecule has 0 radical (unpaired) electrons. The highest BCUT2D eigenvalue weighted by atomic mass is 79.9. The van der Waals surface area contributed by atoms with E-state index < -0.39 is 21.6 Å². The fourth-order valence-corrected chi connectivity index (χ4v) is 1.95. The number of amides is 1. The van der Waals surface area contributed by atoms with Gasteiger partial charge in [-0.25, -0.2) is 12.8 Å². The Labute approximate surface area is 107 Å². The van der Waals surface area contributed by atoms with Gasteiger partial charge in [-0.3, -0.25) is 4.79 Å². The molecule has 4 nitrogen and oxygen atoms in total. The molecule has 1 aromatic rings. The van der Waals surface area contributed by atoms with Crippen LogP contribution >= 0.6 is 15.9 Å². The number of rotatable bonds is 4. The first-order valence-corrected chi connectivity index (χ1v) is 7.56. The quantitative estimate of drug-likeness (QED) is 0.910. The van der Waals surface area contributed by atoms with Crippen LogP contribution in [0.5, 0.6) is 0 Å². The lowest BCUT2D eigenvalue weighted by atomic mass is 10.2. The summed E-state index contributed by atoms with van der Waals surface area (Å²) in [7, 11) is -3.14. The Morgan fingerprint density at radius 1 is 1.47 bits per heavy atom. The summed E-state index contributed by atoms with van der Waals surface area (Å²) >= 11 is 3.12. The Hall–Kier alpha value is -0.950. The van der Waals surface area contributed by atoms with Crippen molar-refractivity contribution in [2.24, 2.45) is 0 Å². The van der Waals surface area contributed by atoms with Crippen molar-refractivity contribution in [2.45, 2.75) is 0 Å². The Balaban J connectivity index is 2.67. The largest absolute Gasteiger partial charge is 0.351 e. The zero-order chi connectivity index (χ0) is 13.1. The predicted octanol–water partition coefficient (Wildman–Crippen LogP) is 1.36. The zero-order valence-electron chi connectivity index (χ0n) is 9.04. The van der Waals surface area contributed by atoms with Crippen molar-refractivity contribution < 1.29 is 17.6 Å². The van der Waals surface area contributed by atoms with Crippen molar-refractivity contribution in [1.29, 1.82) is 0 Å². The van der Waals surface area contributed by atoms with Gasteiger partial charge in [0.05, 0.1) is 11.3 Å². The van der Waals surface area contributed by atoms with Gasteiger partial charge in [0, 0.05) is 17.3 Å². The number of sulfone groups is 1. The van der Waals surface area contributed by atoms with Crippen molar-refractivity contribution in [3.05, 3.63) is 34.1 Å². The summed E-state index contributed by atoms with van der Waals surface area (Å²) in [6, 6.07) is 3.98. The third kappa shape index (κ3) is 4.82. The molecule has 1 amide bonds. The molecule has 0 unspecified atom stereocenters. The number of hydrogen-bond donors (Lipinski definition) is 1. The maximum atomic E-state index is 13.3. The number of hydrogen-bond acceptors (Lipinski definition) is 3. The summed E-state index contributed by atoms with van der Waals surface area (Å²) in [4.78, 5) is 11.5. The minimum Gasteiger partial charge on any atom is -0.351 e. The van der Waals surface area contributed by atoms with Crippen LogP contribution in [-0.2, 0) is 9.84 Å². The van der Waals surface area contributed by atoms with Crippen LogP contribution in [0.1, 0.15) is 10.4 Å². The fourth-order valence-electron chi connectivity index (χ4n) is 1.12. The summed E-state index contributed by atoms with van der Waals surface area (Å²) in [6.07, 6.45) is 1.07. The van der Waals surface area contributed by atoms with Gasteiger partial charge < -0.3 is 5.32 Å². The van der Waals surface area contributed by atoms with E-state index >= 15 is 0 Å².